The predicted molar refractivity (Wildman–Crippen MR) is 45.4 cm³/mol. The van der Waals surface area contributed by atoms with Crippen LogP contribution in [-0.4, -0.2) is 17.2 Å². The van der Waals surface area contributed by atoms with Crippen LogP contribution in [0.3, 0.4) is 0 Å². The van der Waals surface area contributed by atoms with E-state index < -0.39 is 27.4 Å². The Morgan fingerprint density at radius 2 is 1.93 bits per heavy atom. The largest absolute Gasteiger partial charge is 0.604 e. The summed E-state index contributed by atoms with van der Waals surface area (Å²) < 4.78 is 64.5. The molecule has 0 aromatic heterocycles. The second-order valence-corrected chi connectivity index (χ2v) is 3.95. The van der Waals surface area contributed by atoms with Crippen molar-refractivity contribution >= 4 is 11.2 Å². The van der Waals surface area contributed by atoms with Gasteiger partial charge in [-0.15, -0.1) is 13.2 Å². The first-order valence-corrected chi connectivity index (χ1v) is 4.83. The first-order chi connectivity index (χ1) is 6.86. The van der Waals surface area contributed by atoms with Gasteiger partial charge in [-0.05, 0) is 12.1 Å². The van der Waals surface area contributed by atoms with Gasteiger partial charge >= 0.3 is 5.51 Å². The third kappa shape index (κ3) is 2.75. The van der Waals surface area contributed by atoms with Gasteiger partial charge in [0.2, 0.25) is 4.90 Å². The van der Waals surface area contributed by atoms with Crippen molar-refractivity contribution < 1.29 is 26.9 Å². The van der Waals surface area contributed by atoms with Gasteiger partial charge in [-0.1, -0.05) is 0 Å². The maximum absolute atomic E-state index is 12.7. The standard InChI is InChI=1S/C8H6F4O2S/c1-14-6-3-2-5(9)4-7(6)15(13)8(10,11)12/h2-4H,1H3. The van der Waals surface area contributed by atoms with Gasteiger partial charge in [-0.3, -0.25) is 0 Å². The lowest BCUT2D eigenvalue weighted by Crippen LogP contribution is -2.23. The lowest BCUT2D eigenvalue weighted by molar-refractivity contribution is -0.0436. The second kappa shape index (κ2) is 4.28. The van der Waals surface area contributed by atoms with Crippen LogP contribution < -0.4 is 4.74 Å². The molecule has 0 spiro atoms. The summed E-state index contributed by atoms with van der Waals surface area (Å²) in [6.07, 6.45) is 0. The van der Waals surface area contributed by atoms with Gasteiger partial charge in [-0.25, -0.2) is 4.39 Å². The maximum atomic E-state index is 12.7. The lowest BCUT2D eigenvalue weighted by Gasteiger charge is -2.14. The zero-order valence-electron chi connectivity index (χ0n) is 7.47. The van der Waals surface area contributed by atoms with E-state index >= 15 is 0 Å². The van der Waals surface area contributed by atoms with Gasteiger partial charge < -0.3 is 9.29 Å². The minimum Gasteiger partial charge on any atom is -0.604 e. The molecule has 1 aromatic carbocycles. The molecule has 0 aliphatic rings. The molecule has 1 rings (SSSR count). The molecule has 0 N–H and O–H groups in total. The summed E-state index contributed by atoms with van der Waals surface area (Å²) >= 11 is -3.29. The summed E-state index contributed by atoms with van der Waals surface area (Å²) in [5.41, 5.74) is -4.93. The van der Waals surface area contributed by atoms with E-state index in [4.69, 9.17) is 0 Å². The van der Waals surface area contributed by atoms with Gasteiger partial charge in [0.15, 0.2) is 5.75 Å². The summed E-state index contributed by atoms with van der Waals surface area (Å²) in [7, 11) is 1.12. The summed E-state index contributed by atoms with van der Waals surface area (Å²) in [4.78, 5) is -0.718. The predicted octanol–water partition coefficient (Wildman–Crippen LogP) is 2.46. The maximum Gasteiger partial charge on any atom is 0.578 e. The van der Waals surface area contributed by atoms with Crippen LogP contribution in [0.5, 0.6) is 5.75 Å². The van der Waals surface area contributed by atoms with Crippen LogP contribution in [0.1, 0.15) is 0 Å². The summed E-state index contributed by atoms with van der Waals surface area (Å²) in [5, 5.41) is 0. The summed E-state index contributed by atoms with van der Waals surface area (Å²) in [5.74, 6) is -1.16. The lowest BCUT2D eigenvalue weighted by atomic mass is 10.3. The van der Waals surface area contributed by atoms with Gasteiger partial charge in [0.1, 0.15) is 17.0 Å². The Morgan fingerprint density at radius 1 is 1.33 bits per heavy atom. The van der Waals surface area contributed by atoms with Crippen LogP contribution in [-0.2, 0) is 11.2 Å². The fourth-order valence-corrected chi connectivity index (χ4v) is 1.72. The number of rotatable bonds is 2. The summed E-state index contributed by atoms with van der Waals surface area (Å²) in [6.45, 7) is 0. The van der Waals surface area contributed by atoms with Crippen molar-refractivity contribution in [3.63, 3.8) is 0 Å². The Bertz CT molecular complexity index is 353. The molecule has 0 saturated heterocycles. The third-order valence-electron chi connectivity index (χ3n) is 1.54. The van der Waals surface area contributed by atoms with Crippen LogP contribution >= 0.6 is 0 Å². The number of halogens is 4. The Kier molecular flexibility index (Phi) is 3.46. The van der Waals surface area contributed by atoms with E-state index in [0.717, 1.165) is 19.2 Å². The first kappa shape index (κ1) is 12.1. The molecule has 2 nitrogen and oxygen atoms in total. The minimum absolute atomic E-state index is 0.257. The van der Waals surface area contributed by atoms with Crippen LogP contribution in [0.2, 0.25) is 0 Å². The fraction of sp³-hybridized carbons (Fsp3) is 0.250. The topological polar surface area (TPSA) is 32.3 Å². The number of benzene rings is 1. The van der Waals surface area contributed by atoms with Crippen LogP contribution in [0.15, 0.2) is 23.1 Å². The van der Waals surface area contributed by atoms with E-state index in [1.54, 1.807) is 0 Å². The SMILES string of the molecule is COc1ccc(F)cc1[S+]([O-])C(F)(F)F. The number of hydrogen-bond donors (Lipinski definition) is 0. The smallest absolute Gasteiger partial charge is 0.578 e. The molecule has 7 heteroatoms. The molecule has 1 unspecified atom stereocenters. The molecule has 0 amide bonds. The molecule has 0 aliphatic heterocycles. The number of hydrogen-bond acceptors (Lipinski definition) is 2. The quantitative estimate of drug-likeness (QED) is 0.589. The summed E-state index contributed by atoms with van der Waals surface area (Å²) in [6, 6.07) is 2.46. The van der Waals surface area contributed by atoms with Gasteiger partial charge in [0.05, 0.1) is 7.11 Å². The van der Waals surface area contributed by atoms with Crippen molar-refractivity contribution in [2.75, 3.05) is 7.11 Å². The van der Waals surface area contributed by atoms with Crippen molar-refractivity contribution in [1.29, 1.82) is 0 Å². The number of alkyl halides is 3. The molecule has 1 atom stereocenters. The Hall–Kier alpha value is -0.950. The zero-order chi connectivity index (χ0) is 11.6. The van der Waals surface area contributed by atoms with E-state index in [2.05, 4.69) is 4.74 Å². The first-order valence-electron chi connectivity index (χ1n) is 3.68. The minimum atomic E-state index is -4.93. The monoisotopic (exact) mass is 242 g/mol. The highest BCUT2D eigenvalue weighted by Crippen LogP contribution is 2.35. The molecule has 1 aromatic rings. The molecule has 0 heterocycles. The molecule has 0 fully saturated rings. The highest BCUT2D eigenvalue weighted by Gasteiger charge is 2.47. The van der Waals surface area contributed by atoms with E-state index in [1.807, 2.05) is 0 Å². The van der Waals surface area contributed by atoms with Crippen molar-refractivity contribution in [2.24, 2.45) is 0 Å². The van der Waals surface area contributed by atoms with Gasteiger partial charge in [0, 0.05) is 6.07 Å². The van der Waals surface area contributed by atoms with E-state index in [-0.39, 0.29) is 5.75 Å². The highest BCUT2D eigenvalue weighted by atomic mass is 32.2. The molecule has 84 valence electrons. The average molecular weight is 242 g/mol. The molecule has 0 radical (unpaired) electrons. The molecule has 0 aliphatic carbocycles. The van der Waals surface area contributed by atoms with Crippen LogP contribution in [0.4, 0.5) is 17.6 Å². The number of methoxy groups -OCH3 is 1. The molecular weight excluding hydrogens is 236 g/mol. The second-order valence-electron chi connectivity index (χ2n) is 2.51. The molecular formula is C8H6F4O2S. The Balaban J connectivity index is 3.17. The van der Waals surface area contributed by atoms with Crippen molar-refractivity contribution in [1.82, 2.24) is 0 Å². The van der Waals surface area contributed by atoms with Crippen molar-refractivity contribution in [2.45, 2.75) is 10.4 Å². The molecule has 0 bridgehead atoms. The third-order valence-corrected chi connectivity index (χ3v) is 2.67. The van der Waals surface area contributed by atoms with Crippen LogP contribution in [0.25, 0.3) is 0 Å². The Labute approximate surface area is 86.0 Å². The molecule has 15 heavy (non-hydrogen) atoms. The normalized spacial score (nSPS) is 13.7. The van der Waals surface area contributed by atoms with Gasteiger partial charge in [0.25, 0.3) is 0 Å². The average Bonchev–Trinajstić information content (AvgIpc) is 2.15. The molecule has 0 saturated carbocycles. The van der Waals surface area contributed by atoms with E-state index in [1.165, 1.54) is 0 Å². The Morgan fingerprint density at radius 3 is 2.40 bits per heavy atom. The van der Waals surface area contributed by atoms with Crippen molar-refractivity contribution in [3.05, 3.63) is 24.0 Å². The van der Waals surface area contributed by atoms with E-state index in [9.17, 15) is 22.1 Å². The van der Waals surface area contributed by atoms with Crippen molar-refractivity contribution in [3.8, 4) is 5.75 Å². The van der Waals surface area contributed by atoms with Crippen LogP contribution in [0, 0.1) is 5.82 Å². The van der Waals surface area contributed by atoms with Gasteiger partial charge in [-0.2, -0.15) is 0 Å². The zero-order valence-corrected chi connectivity index (χ0v) is 8.29. The fourth-order valence-electron chi connectivity index (χ4n) is 0.920. The number of ether oxygens (including phenoxy) is 1. The van der Waals surface area contributed by atoms with E-state index in [0.29, 0.717) is 6.07 Å². The highest BCUT2D eigenvalue weighted by molar-refractivity contribution is 7.92.